The van der Waals surface area contributed by atoms with Crippen molar-refractivity contribution in [2.45, 2.75) is 0 Å². The second kappa shape index (κ2) is 4.42. The molecule has 2 heteroatoms. The number of aromatic nitrogens is 2. The molecule has 4 aromatic rings. The van der Waals surface area contributed by atoms with Crippen LogP contribution in [0.5, 0.6) is 0 Å². The smallest absolute Gasteiger partial charge is 0.210 e. The van der Waals surface area contributed by atoms with Crippen molar-refractivity contribution in [3.63, 3.8) is 0 Å². The molecule has 0 fully saturated rings. The quantitative estimate of drug-likeness (QED) is 0.501. The Labute approximate surface area is 116 Å². The Morgan fingerprint density at radius 2 is 1.40 bits per heavy atom. The van der Waals surface area contributed by atoms with Crippen molar-refractivity contribution in [2.75, 3.05) is 0 Å². The summed E-state index contributed by atoms with van der Waals surface area (Å²) in [7, 11) is 0. The predicted octanol–water partition coefficient (Wildman–Crippen LogP) is 3.29. The summed E-state index contributed by atoms with van der Waals surface area (Å²) in [6.07, 6.45) is 2.04. The zero-order valence-corrected chi connectivity index (χ0v) is 10.9. The number of H-pyrrole nitrogens is 2. The Morgan fingerprint density at radius 1 is 0.650 bits per heavy atom. The minimum absolute atomic E-state index is 1.12. The van der Waals surface area contributed by atoms with Gasteiger partial charge in [0.15, 0.2) is 6.20 Å². The summed E-state index contributed by atoms with van der Waals surface area (Å²) in [5, 5.41) is 2.44. The van der Waals surface area contributed by atoms with Gasteiger partial charge in [-0.2, -0.15) is 0 Å². The van der Waals surface area contributed by atoms with Gasteiger partial charge in [-0.3, -0.25) is 0 Å². The number of hydrogen-bond donors (Lipinski definition) is 0. The van der Waals surface area contributed by atoms with Crippen LogP contribution in [0, 0.1) is 0 Å². The second-order valence-corrected chi connectivity index (χ2v) is 4.93. The fraction of sp³-hybridized carbons (Fsp3) is 0. The van der Waals surface area contributed by atoms with E-state index < -0.39 is 0 Å². The van der Waals surface area contributed by atoms with Crippen LogP contribution in [-0.4, -0.2) is 0 Å². The molecule has 0 unspecified atom stereocenters. The van der Waals surface area contributed by atoms with Gasteiger partial charge in [0, 0.05) is 29.0 Å². The maximum absolute atomic E-state index is 3.49. The highest BCUT2D eigenvalue weighted by atomic mass is 14.7. The zero-order valence-electron chi connectivity index (χ0n) is 10.9. The number of hydrogen-bond acceptors (Lipinski definition) is 0. The molecular formula is C18H14N2+2. The lowest BCUT2D eigenvalue weighted by atomic mass is 10.1. The molecule has 2 aromatic carbocycles. The molecule has 0 aliphatic heterocycles. The second-order valence-electron chi connectivity index (χ2n) is 4.93. The van der Waals surface area contributed by atoms with Gasteiger partial charge in [0.1, 0.15) is 5.56 Å². The average Bonchev–Trinajstić information content (AvgIpc) is 2.54. The van der Waals surface area contributed by atoms with Gasteiger partial charge in [0.25, 0.3) is 0 Å². The Kier molecular flexibility index (Phi) is 2.46. The first-order valence-corrected chi connectivity index (χ1v) is 6.72. The summed E-state index contributed by atoms with van der Waals surface area (Å²) >= 11 is 0. The maximum Gasteiger partial charge on any atom is 0.217 e. The molecule has 0 aliphatic rings. The van der Waals surface area contributed by atoms with Gasteiger partial charge in [-0.1, -0.05) is 24.3 Å². The highest BCUT2D eigenvalue weighted by Crippen LogP contribution is 2.19. The van der Waals surface area contributed by atoms with Crippen LogP contribution in [0.25, 0.3) is 33.1 Å². The van der Waals surface area contributed by atoms with E-state index in [0.717, 1.165) is 22.3 Å². The van der Waals surface area contributed by atoms with Crippen LogP contribution in [-0.2, 0) is 0 Å². The molecule has 0 saturated heterocycles. The summed E-state index contributed by atoms with van der Waals surface area (Å²) < 4.78 is 0. The van der Waals surface area contributed by atoms with Gasteiger partial charge >= 0.3 is 0 Å². The zero-order chi connectivity index (χ0) is 13.4. The van der Waals surface area contributed by atoms with Crippen LogP contribution in [0.15, 0.2) is 72.9 Å². The third kappa shape index (κ3) is 1.82. The monoisotopic (exact) mass is 258 g/mol. The molecule has 20 heavy (non-hydrogen) atoms. The van der Waals surface area contributed by atoms with Crippen LogP contribution >= 0.6 is 0 Å². The first kappa shape index (κ1) is 11.1. The molecule has 0 spiro atoms. The third-order valence-electron chi connectivity index (χ3n) is 3.63. The van der Waals surface area contributed by atoms with Crippen molar-refractivity contribution in [1.29, 1.82) is 0 Å². The molecule has 0 atom stereocenters. The third-order valence-corrected chi connectivity index (χ3v) is 3.63. The van der Waals surface area contributed by atoms with Gasteiger partial charge in [-0.25, -0.2) is 9.97 Å². The molecule has 0 radical (unpaired) electrons. The molecule has 0 bridgehead atoms. The topological polar surface area (TPSA) is 28.3 Å². The van der Waals surface area contributed by atoms with E-state index in [0.29, 0.717) is 0 Å². The normalized spacial score (nSPS) is 11.0. The molecule has 4 rings (SSSR count). The molecule has 0 amide bonds. The molecule has 2 aromatic heterocycles. The fourth-order valence-corrected chi connectivity index (χ4v) is 2.56. The van der Waals surface area contributed by atoms with Crippen LogP contribution in [0.2, 0.25) is 0 Å². The first-order valence-electron chi connectivity index (χ1n) is 6.72. The van der Waals surface area contributed by atoms with Crippen LogP contribution in [0.3, 0.4) is 0 Å². The summed E-state index contributed by atoms with van der Waals surface area (Å²) in [4.78, 5) is 6.83. The van der Waals surface area contributed by atoms with Crippen molar-refractivity contribution < 1.29 is 9.97 Å². The van der Waals surface area contributed by atoms with Crippen LogP contribution in [0.4, 0.5) is 0 Å². The molecule has 2 nitrogen and oxygen atoms in total. The lowest BCUT2D eigenvalue weighted by molar-refractivity contribution is -0.348. The number of para-hydroxylation sites is 2. The SMILES string of the molecule is c1ccc2[nH+]cc(-c3ccc4ccccc4[nH+]3)cc2c1. The van der Waals surface area contributed by atoms with E-state index in [-0.39, 0.29) is 0 Å². The van der Waals surface area contributed by atoms with Gasteiger partial charge < -0.3 is 0 Å². The molecular weight excluding hydrogens is 244 g/mol. The van der Waals surface area contributed by atoms with Gasteiger partial charge in [-0.05, 0) is 24.3 Å². The number of aromatic amines is 2. The predicted molar refractivity (Wildman–Crippen MR) is 80.0 cm³/mol. The average molecular weight is 258 g/mol. The lowest BCUT2D eigenvalue weighted by Gasteiger charge is -1.97. The minimum atomic E-state index is 1.12. The van der Waals surface area contributed by atoms with Crippen molar-refractivity contribution in [3.8, 4) is 11.3 Å². The number of rotatable bonds is 1. The Morgan fingerprint density at radius 3 is 2.30 bits per heavy atom. The van der Waals surface area contributed by atoms with Crippen LogP contribution < -0.4 is 9.97 Å². The summed E-state index contributed by atoms with van der Waals surface area (Å²) in [6, 6.07) is 23.1. The largest absolute Gasteiger partial charge is 0.217 e. The van der Waals surface area contributed by atoms with E-state index in [1.54, 1.807) is 0 Å². The van der Waals surface area contributed by atoms with Crippen LogP contribution in [0.1, 0.15) is 0 Å². The number of pyridine rings is 2. The molecule has 0 aliphatic carbocycles. The Hall–Kier alpha value is -2.74. The van der Waals surface area contributed by atoms with E-state index in [1.807, 2.05) is 12.3 Å². The highest BCUT2D eigenvalue weighted by molar-refractivity contribution is 5.81. The lowest BCUT2D eigenvalue weighted by Crippen LogP contribution is -2.10. The number of nitrogens with one attached hydrogen (secondary N) is 2. The highest BCUT2D eigenvalue weighted by Gasteiger charge is 2.11. The van der Waals surface area contributed by atoms with Crippen molar-refractivity contribution in [3.05, 3.63) is 72.9 Å². The van der Waals surface area contributed by atoms with E-state index in [9.17, 15) is 0 Å². The van der Waals surface area contributed by atoms with E-state index in [1.165, 1.54) is 10.8 Å². The van der Waals surface area contributed by atoms with Gasteiger partial charge in [0.2, 0.25) is 16.7 Å². The van der Waals surface area contributed by atoms with Crippen molar-refractivity contribution >= 4 is 21.8 Å². The maximum atomic E-state index is 3.49. The van der Waals surface area contributed by atoms with Crippen molar-refractivity contribution in [1.82, 2.24) is 0 Å². The minimum Gasteiger partial charge on any atom is -0.210 e. The standard InChI is InChI=1S/C18H12N2/c1-4-8-17-13(5-1)9-10-18(20-17)15-11-14-6-2-3-7-16(14)19-12-15/h1-12H/p+2. The molecule has 94 valence electrons. The summed E-state index contributed by atoms with van der Waals surface area (Å²) in [5.41, 5.74) is 4.58. The Balaban J connectivity index is 1.91. The fourth-order valence-electron chi connectivity index (χ4n) is 2.56. The van der Waals surface area contributed by atoms with Crippen molar-refractivity contribution in [2.24, 2.45) is 0 Å². The molecule has 2 heterocycles. The van der Waals surface area contributed by atoms with E-state index >= 15 is 0 Å². The van der Waals surface area contributed by atoms with E-state index in [4.69, 9.17) is 0 Å². The van der Waals surface area contributed by atoms with E-state index in [2.05, 4.69) is 70.6 Å². The molecule has 2 N–H and O–H groups in total. The Bertz CT molecular complexity index is 836. The number of benzene rings is 2. The summed E-state index contributed by atoms with van der Waals surface area (Å²) in [5.74, 6) is 0. The first-order chi connectivity index (χ1) is 9.90. The van der Waals surface area contributed by atoms with Gasteiger partial charge in [-0.15, -0.1) is 0 Å². The molecule has 0 saturated carbocycles. The summed E-state index contributed by atoms with van der Waals surface area (Å²) in [6.45, 7) is 0. The van der Waals surface area contributed by atoms with Gasteiger partial charge in [0.05, 0.1) is 0 Å². The number of fused-ring (bicyclic) bond motifs is 2.